The molecule has 0 amide bonds. The average Bonchev–Trinajstić information content (AvgIpc) is 2.47. The second-order valence-corrected chi connectivity index (χ2v) is 5.73. The van der Waals surface area contributed by atoms with Crippen LogP contribution in [-0.2, 0) is 4.74 Å². The largest absolute Gasteiger partial charge is 0.383 e. The summed E-state index contributed by atoms with van der Waals surface area (Å²) in [6, 6.07) is 7.13. The third kappa shape index (κ3) is 4.60. The van der Waals surface area contributed by atoms with Gasteiger partial charge in [0.05, 0.1) is 11.5 Å². The summed E-state index contributed by atoms with van der Waals surface area (Å²) in [4.78, 5) is 18.9. The predicted octanol–water partition coefficient (Wildman–Crippen LogP) is 3.34. The topological polar surface area (TPSA) is 102 Å². The normalized spacial score (nSPS) is 11.8. The molecular formula is C14H16BrN5O3. The lowest BCUT2D eigenvalue weighted by molar-refractivity contribution is -0.383. The maximum Gasteiger partial charge on any atom is 0.353 e. The van der Waals surface area contributed by atoms with Crippen molar-refractivity contribution in [1.82, 2.24) is 9.97 Å². The van der Waals surface area contributed by atoms with E-state index < -0.39 is 4.92 Å². The second kappa shape index (κ2) is 7.84. The molecule has 2 aromatic rings. The van der Waals surface area contributed by atoms with E-state index in [0.717, 1.165) is 4.47 Å². The minimum Gasteiger partial charge on any atom is -0.383 e. The smallest absolute Gasteiger partial charge is 0.353 e. The summed E-state index contributed by atoms with van der Waals surface area (Å²) < 4.78 is 5.87. The lowest BCUT2D eigenvalue weighted by atomic mass is 10.3. The Hall–Kier alpha value is -2.26. The molecule has 0 spiro atoms. The Bertz CT molecular complexity index is 698. The zero-order chi connectivity index (χ0) is 16.8. The Kier molecular flexibility index (Phi) is 5.83. The molecule has 1 aromatic carbocycles. The monoisotopic (exact) mass is 381 g/mol. The van der Waals surface area contributed by atoms with Crippen LogP contribution in [0, 0.1) is 10.1 Å². The first kappa shape index (κ1) is 17.1. The number of halogens is 1. The third-order valence-electron chi connectivity index (χ3n) is 2.89. The fraction of sp³-hybridized carbons (Fsp3) is 0.286. The van der Waals surface area contributed by atoms with Crippen molar-refractivity contribution in [1.29, 1.82) is 0 Å². The van der Waals surface area contributed by atoms with Gasteiger partial charge in [-0.15, -0.1) is 0 Å². The first-order valence-corrected chi connectivity index (χ1v) is 7.58. The molecule has 1 heterocycles. The Balaban J connectivity index is 2.34. The summed E-state index contributed by atoms with van der Waals surface area (Å²) >= 11 is 3.35. The van der Waals surface area contributed by atoms with Gasteiger partial charge in [0.25, 0.3) is 0 Å². The Morgan fingerprint density at radius 1 is 1.39 bits per heavy atom. The van der Waals surface area contributed by atoms with Crippen LogP contribution in [0.3, 0.4) is 0 Å². The molecule has 0 aliphatic heterocycles. The second-order valence-electron chi connectivity index (χ2n) is 4.81. The van der Waals surface area contributed by atoms with Gasteiger partial charge in [-0.3, -0.25) is 10.1 Å². The number of nitrogens with one attached hydrogen (secondary N) is 2. The molecule has 8 nitrogen and oxygen atoms in total. The van der Waals surface area contributed by atoms with Crippen LogP contribution >= 0.6 is 15.9 Å². The van der Waals surface area contributed by atoms with Crippen LogP contribution in [0.2, 0.25) is 0 Å². The number of nitrogens with zero attached hydrogens (tertiary/aromatic N) is 3. The van der Waals surface area contributed by atoms with Gasteiger partial charge in [0.15, 0.2) is 0 Å². The molecule has 0 saturated carbocycles. The van der Waals surface area contributed by atoms with E-state index in [2.05, 4.69) is 36.5 Å². The molecule has 0 aliphatic rings. The van der Waals surface area contributed by atoms with Crippen LogP contribution in [0.4, 0.5) is 23.0 Å². The summed E-state index contributed by atoms with van der Waals surface area (Å²) in [5, 5.41) is 17.4. The number of nitro groups is 1. The van der Waals surface area contributed by atoms with Crippen molar-refractivity contribution in [2.75, 3.05) is 24.4 Å². The number of aromatic nitrogens is 2. The van der Waals surface area contributed by atoms with E-state index in [1.807, 2.05) is 19.1 Å². The molecule has 2 rings (SSSR count). The van der Waals surface area contributed by atoms with Gasteiger partial charge >= 0.3 is 5.69 Å². The number of methoxy groups -OCH3 is 1. The van der Waals surface area contributed by atoms with Gasteiger partial charge in [0, 0.05) is 23.3 Å². The molecule has 0 radical (unpaired) electrons. The van der Waals surface area contributed by atoms with Crippen molar-refractivity contribution in [2.45, 2.75) is 13.0 Å². The standard InChI is InChI=1S/C14H16BrN5O3/c1-9(7-23-2)18-13-12(20(21)22)14(17-8-16-13)19-11-5-3-4-10(15)6-11/h3-6,8-9H,7H2,1-2H3,(H2,16,17,18,19). The van der Waals surface area contributed by atoms with Crippen LogP contribution in [0.25, 0.3) is 0 Å². The molecule has 122 valence electrons. The molecule has 1 atom stereocenters. The maximum absolute atomic E-state index is 11.4. The van der Waals surface area contributed by atoms with Crippen molar-refractivity contribution < 1.29 is 9.66 Å². The molecule has 0 fully saturated rings. The maximum atomic E-state index is 11.4. The van der Waals surface area contributed by atoms with Crippen molar-refractivity contribution in [3.05, 3.63) is 45.2 Å². The van der Waals surface area contributed by atoms with Gasteiger partial charge in [0.1, 0.15) is 6.33 Å². The third-order valence-corrected chi connectivity index (χ3v) is 3.39. The molecule has 0 bridgehead atoms. The van der Waals surface area contributed by atoms with E-state index in [1.165, 1.54) is 6.33 Å². The van der Waals surface area contributed by atoms with Gasteiger partial charge < -0.3 is 15.4 Å². The minimum absolute atomic E-state index is 0.121. The van der Waals surface area contributed by atoms with Gasteiger partial charge in [-0.1, -0.05) is 22.0 Å². The van der Waals surface area contributed by atoms with Crippen LogP contribution in [-0.4, -0.2) is 34.6 Å². The molecule has 23 heavy (non-hydrogen) atoms. The highest BCUT2D eigenvalue weighted by Crippen LogP contribution is 2.31. The molecule has 1 unspecified atom stereocenters. The predicted molar refractivity (Wildman–Crippen MR) is 91.1 cm³/mol. The summed E-state index contributed by atoms with van der Waals surface area (Å²) in [5.41, 5.74) is 0.465. The zero-order valence-corrected chi connectivity index (χ0v) is 14.2. The first-order valence-electron chi connectivity index (χ1n) is 6.78. The number of hydrogen-bond acceptors (Lipinski definition) is 7. The highest BCUT2D eigenvalue weighted by Gasteiger charge is 2.24. The quantitative estimate of drug-likeness (QED) is 0.559. The van der Waals surface area contributed by atoms with Gasteiger partial charge in [-0.05, 0) is 25.1 Å². The zero-order valence-electron chi connectivity index (χ0n) is 12.6. The number of rotatable bonds is 7. The highest BCUT2D eigenvalue weighted by atomic mass is 79.9. The SMILES string of the molecule is COCC(C)Nc1ncnc(Nc2cccc(Br)c2)c1[N+](=O)[O-]. The van der Waals surface area contributed by atoms with E-state index in [1.54, 1.807) is 19.2 Å². The highest BCUT2D eigenvalue weighted by molar-refractivity contribution is 9.10. The number of hydrogen-bond donors (Lipinski definition) is 2. The Morgan fingerprint density at radius 2 is 2.13 bits per heavy atom. The molecule has 2 N–H and O–H groups in total. The number of ether oxygens (including phenoxy) is 1. The van der Waals surface area contributed by atoms with E-state index in [0.29, 0.717) is 12.3 Å². The molecule has 0 aliphatic carbocycles. The summed E-state index contributed by atoms with van der Waals surface area (Å²) in [6.07, 6.45) is 1.27. The molecule has 9 heteroatoms. The fourth-order valence-electron chi connectivity index (χ4n) is 1.98. The van der Waals surface area contributed by atoms with E-state index >= 15 is 0 Å². The van der Waals surface area contributed by atoms with Crippen molar-refractivity contribution in [2.24, 2.45) is 0 Å². The lowest BCUT2D eigenvalue weighted by Gasteiger charge is -2.14. The number of anilines is 3. The van der Waals surface area contributed by atoms with E-state index in [9.17, 15) is 10.1 Å². The van der Waals surface area contributed by atoms with Crippen molar-refractivity contribution >= 4 is 38.9 Å². The summed E-state index contributed by atoms with van der Waals surface area (Å²) in [5.74, 6) is 0.266. The Morgan fingerprint density at radius 3 is 2.78 bits per heavy atom. The molecule has 1 aromatic heterocycles. The summed E-state index contributed by atoms with van der Waals surface area (Å²) in [7, 11) is 1.56. The minimum atomic E-state index is -0.512. The summed E-state index contributed by atoms with van der Waals surface area (Å²) in [6.45, 7) is 2.24. The number of benzene rings is 1. The van der Waals surface area contributed by atoms with Crippen molar-refractivity contribution in [3.8, 4) is 0 Å². The van der Waals surface area contributed by atoms with Gasteiger partial charge in [-0.25, -0.2) is 9.97 Å². The van der Waals surface area contributed by atoms with Crippen molar-refractivity contribution in [3.63, 3.8) is 0 Å². The molecular weight excluding hydrogens is 366 g/mol. The average molecular weight is 382 g/mol. The van der Waals surface area contributed by atoms with Crippen LogP contribution in [0.1, 0.15) is 6.92 Å². The fourth-order valence-corrected chi connectivity index (χ4v) is 2.38. The first-order chi connectivity index (χ1) is 11.0. The lowest BCUT2D eigenvalue weighted by Crippen LogP contribution is -2.22. The van der Waals surface area contributed by atoms with Crippen LogP contribution in [0.5, 0.6) is 0 Å². The van der Waals surface area contributed by atoms with Crippen LogP contribution in [0.15, 0.2) is 35.1 Å². The van der Waals surface area contributed by atoms with E-state index in [-0.39, 0.29) is 23.4 Å². The van der Waals surface area contributed by atoms with Gasteiger partial charge in [0.2, 0.25) is 11.6 Å². The van der Waals surface area contributed by atoms with Crippen LogP contribution < -0.4 is 10.6 Å². The Labute approximate surface area is 141 Å². The van der Waals surface area contributed by atoms with E-state index in [4.69, 9.17) is 4.74 Å². The molecule has 0 saturated heterocycles. The van der Waals surface area contributed by atoms with Gasteiger partial charge in [-0.2, -0.15) is 0 Å².